The van der Waals surface area contributed by atoms with Gasteiger partial charge in [0.1, 0.15) is 0 Å². The van der Waals surface area contributed by atoms with Gasteiger partial charge in [0.15, 0.2) is 0 Å². The highest BCUT2D eigenvalue weighted by molar-refractivity contribution is 5.77. The smallest absolute Gasteiger partial charge is 0.234 e. The van der Waals surface area contributed by atoms with Gasteiger partial charge in [-0.25, -0.2) is 0 Å². The maximum absolute atomic E-state index is 11.5. The molecule has 0 radical (unpaired) electrons. The fraction of sp³-hybridized carbons (Fsp3) is 0.500. The largest absolute Gasteiger partial charge is 0.393 e. The van der Waals surface area contributed by atoms with Gasteiger partial charge in [0, 0.05) is 6.54 Å². The average Bonchev–Trinajstić information content (AvgIpc) is 2.42. The van der Waals surface area contributed by atoms with Gasteiger partial charge in [-0.15, -0.1) is 0 Å². The quantitative estimate of drug-likeness (QED) is 0.604. The Bertz CT molecular complexity index is 341. The molecule has 100 valence electrons. The Kier molecular flexibility index (Phi) is 7.06. The van der Waals surface area contributed by atoms with Crippen LogP contribution in [0, 0.1) is 0 Å². The molecule has 1 amide bonds. The number of hydrogen-bond acceptors (Lipinski definition) is 3. The highest BCUT2D eigenvalue weighted by atomic mass is 16.3. The lowest BCUT2D eigenvalue weighted by atomic mass is 10.2. The number of amides is 1. The van der Waals surface area contributed by atoms with E-state index in [9.17, 15) is 9.90 Å². The number of rotatable bonds is 8. The summed E-state index contributed by atoms with van der Waals surface area (Å²) in [5, 5.41) is 15.2. The van der Waals surface area contributed by atoms with E-state index < -0.39 is 0 Å². The molecule has 1 unspecified atom stereocenters. The Morgan fingerprint density at radius 3 is 2.72 bits per heavy atom. The minimum Gasteiger partial charge on any atom is -0.393 e. The Morgan fingerprint density at radius 2 is 2.06 bits per heavy atom. The van der Waals surface area contributed by atoms with Crippen LogP contribution >= 0.6 is 0 Å². The number of aliphatic hydroxyl groups is 1. The van der Waals surface area contributed by atoms with Gasteiger partial charge < -0.3 is 15.7 Å². The highest BCUT2D eigenvalue weighted by Crippen LogP contribution is 1.97. The Hall–Kier alpha value is -1.39. The van der Waals surface area contributed by atoms with Crippen LogP contribution in [0.2, 0.25) is 0 Å². The van der Waals surface area contributed by atoms with E-state index in [2.05, 4.69) is 10.6 Å². The van der Waals surface area contributed by atoms with E-state index in [4.69, 9.17) is 0 Å². The molecular weight excluding hydrogens is 228 g/mol. The maximum Gasteiger partial charge on any atom is 0.234 e. The van der Waals surface area contributed by atoms with Crippen molar-refractivity contribution < 1.29 is 9.90 Å². The van der Waals surface area contributed by atoms with Crippen molar-refractivity contribution in [2.45, 2.75) is 32.4 Å². The predicted molar refractivity (Wildman–Crippen MR) is 72.1 cm³/mol. The number of aliphatic hydroxyl groups excluding tert-OH is 1. The molecule has 0 aliphatic carbocycles. The topological polar surface area (TPSA) is 61.4 Å². The SMILES string of the molecule is CCC(O)CCNCC(=O)NCc1ccccc1. The second-order valence-corrected chi connectivity index (χ2v) is 4.29. The second-order valence-electron chi connectivity index (χ2n) is 4.29. The van der Waals surface area contributed by atoms with E-state index in [-0.39, 0.29) is 12.0 Å². The van der Waals surface area contributed by atoms with Crippen LogP contribution in [0.5, 0.6) is 0 Å². The monoisotopic (exact) mass is 250 g/mol. The minimum atomic E-state index is -0.273. The lowest BCUT2D eigenvalue weighted by Gasteiger charge is -2.09. The van der Waals surface area contributed by atoms with Gasteiger partial charge >= 0.3 is 0 Å². The highest BCUT2D eigenvalue weighted by Gasteiger charge is 2.02. The molecule has 0 aliphatic heterocycles. The molecule has 0 spiro atoms. The van der Waals surface area contributed by atoms with Crippen LogP contribution in [-0.4, -0.2) is 30.2 Å². The first-order valence-electron chi connectivity index (χ1n) is 6.41. The molecule has 0 bridgehead atoms. The standard InChI is InChI=1S/C14H22N2O2/c1-2-13(17)8-9-15-11-14(18)16-10-12-6-4-3-5-7-12/h3-7,13,15,17H,2,8-11H2,1H3,(H,16,18). The van der Waals surface area contributed by atoms with E-state index in [1.165, 1.54) is 0 Å². The molecule has 0 heterocycles. The van der Waals surface area contributed by atoms with Crippen molar-refractivity contribution in [2.24, 2.45) is 0 Å². The van der Waals surface area contributed by atoms with Crippen LogP contribution < -0.4 is 10.6 Å². The number of hydrogen-bond donors (Lipinski definition) is 3. The van der Waals surface area contributed by atoms with Gasteiger partial charge in [-0.1, -0.05) is 37.3 Å². The molecule has 0 aliphatic rings. The third kappa shape index (κ3) is 6.37. The maximum atomic E-state index is 11.5. The first-order chi connectivity index (χ1) is 8.72. The number of benzene rings is 1. The van der Waals surface area contributed by atoms with Crippen LogP contribution in [0.3, 0.4) is 0 Å². The van der Waals surface area contributed by atoms with Crippen LogP contribution in [-0.2, 0) is 11.3 Å². The third-order valence-corrected chi connectivity index (χ3v) is 2.74. The average molecular weight is 250 g/mol. The van der Waals surface area contributed by atoms with Crippen molar-refractivity contribution in [1.29, 1.82) is 0 Å². The summed E-state index contributed by atoms with van der Waals surface area (Å²) in [7, 11) is 0. The van der Waals surface area contributed by atoms with E-state index in [0.717, 1.165) is 12.0 Å². The third-order valence-electron chi connectivity index (χ3n) is 2.74. The summed E-state index contributed by atoms with van der Waals surface area (Å²) in [4.78, 5) is 11.5. The van der Waals surface area contributed by atoms with Crippen molar-refractivity contribution in [1.82, 2.24) is 10.6 Å². The molecule has 18 heavy (non-hydrogen) atoms. The molecule has 0 fully saturated rings. The molecule has 1 aromatic rings. The molecule has 1 aromatic carbocycles. The van der Waals surface area contributed by atoms with Crippen molar-refractivity contribution in [2.75, 3.05) is 13.1 Å². The van der Waals surface area contributed by atoms with Crippen molar-refractivity contribution in [3.8, 4) is 0 Å². The molecule has 4 nitrogen and oxygen atoms in total. The van der Waals surface area contributed by atoms with Crippen LogP contribution in [0.1, 0.15) is 25.3 Å². The molecule has 1 rings (SSSR count). The Balaban J connectivity index is 2.07. The Labute approximate surface area is 108 Å². The number of nitrogens with one attached hydrogen (secondary N) is 2. The van der Waals surface area contributed by atoms with Gasteiger partial charge in [0.05, 0.1) is 12.6 Å². The zero-order valence-corrected chi connectivity index (χ0v) is 10.9. The van der Waals surface area contributed by atoms with Crippen molar-refractivity contribution >= 4 is 5.91 Å². The summed E-state index contributed by atoms with van der Waals surface area (Å²) in [5.74, 6) is -0.0233. The fourth-order valence-corrected chi connectivity index (χ4v) is 1.53. The lowest BCUT2D eigenvalue weighted by molar-refractivity contribution is -0.120. The van der Waals surface area contributed by atoms with Crippen LogP contribution in [0.4, 0.5) is 0 Å². The molecule has 0 aromatic heterocycles. The summed E-state index contributed by atoms with van der Waals surface area (Å²) in [6.45, 7) is 3.45. The van der Waals surface area contributed by atoms with Gasteiger partial charge in [0.25, 0.3) is 0 Å². The molecule has 0 saturated heterocycles. The predicted octanol–water partition coefficient (Wildman–Crippen LogP) is 1.05. The zero-order chi connectivity index (χ0) is 13.2. The van der Waals surface area contributed by atoms with E-state index in [1.807, 2.05) is 37.3 Å². The van der Waals surface area contributed by atoms with Gasteiger partial charge in [-0.2, -0.15) is 0 Å². The minimum absolute atomic E-state index is 0.0233. The van der Waals surface area contributed by atoms with Crippen molar-refractivity contribution in [3.05, 3.63) is 35.9 Å². The van der Waals surface area contributed by atoms with E-state index in [1.54, 1.807) is 0 Å². The summed E-state index contributed by atoms with van der Waals surface area (Å²) in [5.41, 5.74) is 1.09. The van der Waals surface area contributed by atoms with Gasteiger partial charge in [0.2, 0.25) is 5.91 Å². The first kappa shape index (κ1) is 14.7. The van der Waals surface area contributed by atoms with E-state index >= 15 is 0 Å². The molecule has 1 atom stereocenters. The number of carbonyl (C=O) groups is 1. The molecular formula is C14H22N2O2. The van der Waals surface area contributed by atoms with Gasteiger partial charge in [-0.3, -0.25) is 4.79 Å². The molecule has 0 saturated carbocycles. The second kappa shape index (κ2) is 8.66. The van der Waals surface area contributed by atoms with Gasteiger partial charge in [-0.05, 0) is 24.9 Å². The molecule has 3 N–H and O–H groups in total. The molecule has 4 heteroatoms. The lowest BCUT2D eigenvalue weighted by Crippen LogP contribution is -2.34. The van der Waals surface area contributed by atoms with Crippen LogP contribution in [0.15, 0.2) is 30.3 Å². The fourth-order valence-electron chi connectivity index (χ4n) is 1.53. The zero-order valence-electron chi connectivity index (χ0n) is 10.9. The van der Waals surface area contributed by atoms with E-state index in [0.29, 0.717) is 26.1 Å². The number of carbonyl (C=O) groups excluding carboxylic acids is 1. The summed E-state index contributed by atoms with van der Waals surface area (Å²) in [6, 6.07) is 9.81. The Morgan fingerprint density at radius 1 is 1.33 bits per heavy atom. The first-order valence-corrected chi connectivity index (χ1v) is 6.41. The summed E-state index contributed by atoms with van der Waals surface area (Å²) in [6.07, 6.45) is 1.16. The normalized spacial score (nSPS) is 12.1. The summed E-state index contributed by atoms with van der Waals surface area (Å²) < 4.78 is 0. The summed E-state index contributed by atoms with van der Waals surface area (Å²) >= 11 is 0. The van der Waals surface area contributed by atoms with Crippen molar-refractivity contribution in [3.63, 3.8) is 0 Å². The van der Waals surface area contributed by atoms with Crippen LogP contribution in [0.25, 0.3) is 0 Å².